The molecule has 0 N–H and O–H groups in total. The van der Waals surface area contributed by atoms with Crippen LogP contribution in [-0.2, 0) is 0 Å². The molecule has 3 aromatic carbocycles. The third-order valence-corrected chi connectivity index (χ3v) is 4.77. The summed E-state index contributed by atoms with van der Waals surface area (Å²) >= 11 is 0. The zero-order valence-corrected chi connectivity index (χ0v) is 13.1. The third kappa shape index (κ3) is 1.99. The van der Waals surface area contributed by atoms with E-state index in [9.17, 15) is 0 Å². The molecule has 0 saturated heterocycles. The van der Waals surface area contributed by atoms with Gasteiger partial charge in [-0.2, -0.15) is 0 Å². The van der Waals surface area contributed by atoms with Gasteiger partial charge in [0.05, 0.1) is 0 Å². The summed E-state index contributed by atoms with van der Waals surface area (Å²) in [6.07, 6.45) is 4.73. The molecule has 0 heterocycles. The maximum Gasteiger partial charge on any atom is 0.00504 e. The van der Waals surface area contributed by atoms with Gasteiger partial charge in [0, 0.05) is 5.92 Å². The second kappa shape index (κ2) is 5.14. The lowest BCUT2D eigenvalue weighted by atomic mass is 9.85. The predicted molar refractivity (Wildman–Crippen MR) is 96.0 cm³/mol. The Hall–Kier alpha value is -2.34. The third-order valence-electron chi connectivity index (χ3n) is 4.77. The van der Waals surface area contributed by atoms with Crippen molar-refractivity contribution in [2.45, 2.75) is 19.8 Å². The van der Waals surface area contributed by atoms with E-state index in [0.717, 1.165) is 0 Å². The molecule has 1 unspecified atom stereocenters. The zero-order valence-electron chi connectivity index (χ0n) is 13.1. The quantitative estimate of drug-likeness (QED) is 0.494. The summed E-state index contributed by atoms with van der Waals surface area (Å²) in [4.78, 5) is 0. The molecule has 0 aliphatic heterocycles. The van der Waals surface area contributed by atoms with Gasteiger partial charge in [0.1, 0.15) is 0 Å². The standard InChI is InChI=1S/C22H20/c1-15(2)17-13-14-21-18-8-4-3-7-16(18)11-12-22(21)20-10-6-5-9-19(17)20/h3-15,17H,1-2H3. The Morgan fingerprint density at radius 3 is 2.41 bits per heavy atom. The highest BCUT2D eigenvalue weighted by Gasteiger charge is 2.21. The molecule has 0 amide bonds. The van der Waals surface area contributed by atoms with Crippen LogP contribution in [0.4, 0.5) is 0 Å². The molecule has 0 spiro atoms. The van der Waals surface area contributed by atoms with Crippen LogP contribution in [0.1, 0.15) is 30.9 Å². The Morgan fingerprint density at radius 2 is 1.55 bits per heavy atom. The maximum atomic E-state index is 2.39. The molecule has 22 heavy (non-hydrogen) atoms. The SMILES string of the molecule is CC(C)C1C=Cc2c(ccc3ccccc23)-c2ccccc21. The molecule has 0 aromatic heterocycles. The first-order valence-electron chi connectivity index (χ1n) is 8.05. The molecule has 1 atom stereocenters. The van der Waals surface area contributed by atoms with Crippen LogP contribution in [0.25, 0.3) is 28.0 Å². The van der Waals surface area contributed by atoms with Crippen molar-refractivity contribution in [3.8, 4) is 11.1 Å². The minimum absolute atomic E-state index is 0.474. The lowest BCUT2D eigenvalue weighted by Gasteiger charge is -2.19. The zero-order chi connectivity index (χ0) is 15.1. The number of hydrogen-bond acceptors (Lipinski definition) is 0. The molecule has 4 rings (SSSR count). The van der Waals surface area contributed by atoms with Gasteiger partial charge in [0.15, 0.2) is 0 Å². The summed E-state index contributed by atoms with van der Waals surface area (Å²) in [5.41, 5.74) is 5.54. The van der Waals surface area contributed by atoms with E-state index in [1.165, 1.54) is 33.0 Å². The molecular weight excluding hydrogens is 264 g/mol. The summed E-state index contributed by atoms with van der Waals surface area (Å²) in [7, 11) is 0. The summed E-state index contributed by atoms with van der Waals surface area (Å²) in [5, 5.41) is 2.65. The van der Waals surface area contributed by atoms with Gasteiger partial charge in [-0.25, -0.2) is 0 Å². The topological polar surface area (TPSA) is 0 Å². The summed E-state index contributed by atoms with van der Waals surface area (Å²) in [5.74, 6) is 1.07. The van der Waals surface area contributed by atoms with Crippen LogP contribution in [0.3, 0.4) is 0 Å². The van der Waals surface area contributed by atoms with E-state index >= 15 is 0 Å². The van der Waals surface area contributed by atoms with Crippen molar-refractivity contribution in [2.24, 2.45) is 5.92 Å². The molecule has 0 nitrogen and oxygen atoms in total. The maximum absolute atomic E-state index is 2.39. The molecular formula is C22H20. The molecule has 1 aliphatic rings. The monoisotopic (exact) mass is 284 g/mol. The first-order valence-corrected chi connectivity index (χ1v) is 8.05. The number of fused-ring (bicyclic) bond motifs is 5. The van der Waals surface area contributed by atoms with Crippen molar-refractivity contribution in [3.63, 3.8) is 0 Å². The van der Waals surface area contributed by atoms with E-state index < -0.39 is 0 Å². The highest BCUT2D eigenvalue weighted by molar-refractivity contribution is 5.98. The van der Waals surface area contributed by atoms with E-state index in [4.69, 9.17) is 0 Å². The molecule has 3 aromatic rings. The average molecular weight is 284 g/mol. The second-order valence-electron chi connectivity index (χ2n) is 6.46. The fraction of sp³-hybridized carbons (Fsp3) is 0.182. The Bertz CT molecular complexity index is 868. The van der Waals surface area contributed by atoms with E-state index in [1.54, 1.807) is 0 Å². The highest BCUT2D eigenvalue weighted by Crippen LogP contribution is 2.41. The van der Waals surface area contributed by atoms with Crippen LogP contribution in [0, 0.1) is 5.92 Å². The normalized spacial score (nSPS) is 16.4. The minimum Gasteiger partial charge on any atom is -0.0761 e. The average Bonchev–Trinajstić information content (AvgIpc) is 2.72. The molecule has 1 aliphatic carbocycles. The van der Waals surface area contributed by atoms with Gasteiger partial charge in [0.25, 0.3) is 0 Å². The van der Waals surface area contributed by atoms with Gasteiger partial charge < -0.3 is 0 Å². The molecule has 0 radical (unpaired) electrons. The number of hydrogen-bond donors (Lipinski definition) is 0. The van der Waals surface area contributed by atoms with E-state index in [-0.39, 0.29) is 0 Å². The summed E-state index contributed by atoms with van der Waals surface area (Å²) in [6, 6.07) is 22.1. The van der Waals surface area contributed by atoms with Crippen molar-refractivity contribution in [1.82, 2.24) is 0 Å². The molecule has 0 fully saturated rings. The van der Waals surface area contributed by atoms with Gasteiger partial charge in [0.2, 0.25) is 0 Å². The first-order chi connectivity index (χ1) is 10.8. The molecule has 0 heteroatoms. The van der Waals surface area contributed by atoms with Crippen LogP contribution >= 0.6 is 0 Å². The predicted octanol–water partition coefficient (Wildman–Crippen LogP) is 6.27. The lowest BCUT2D eigenvalue weighted by molar-refractivity contribution is 0.581. The van der Waals surface area contributed by atoms with E-state index in [2.05, 4.69) is 86.7 Å². The van der Waals surface area contributed by atoms with Crippen molar-refractivity contribution >= 4 is 16.8 Å². The van der Waals surface area contributed by atoms with E-state index in [0.29, 0.717) is 11.8 Å². The van der Waals surface area contributed by atoms with Crippen LogP contribution in [0.5, 0.6) is 0 Å². The molecule has 0 bridgehead atoms. The van der Waals surface area contributed by atoms with E-state index in [1.807, 2.05) is 0 Å². The minimum atomic E-state index is 0.474. The Kier molecular flexibility index (Phi) is 3.11. The van der Waals surface area contributed by atoms with Crippen LogP contribution in [-0.4, -0.2) is 0 Å². The van der Waals surface area contributed by atoms with Gasteiger partial charge in [-0.3, -0.25) is 0 Å². The van der Waals surface area contributed by atoms with Crippen LogP contribution in [0.2, 0.25) is 0 Å². The lowest BCUT2D eigenvalue weighted by Crippen LogP contribution is -2.04. The van der Waals surface area contributed by atoms with Gasteiger partial charge in [-0.1, -0.05) is 86.7 Å². The number of benzene rings is 3. The number of rotatable bonds is 1. The fourth-order valence-corrected chi connectivity index (χ4v) is 3.63. The van der Waals surface area contributed by atoms with Crippen LogP contribution < -0.4 is 0 Å². The van der Waals surface area contributed by atoms with Gasteiger partial charge in [-0.15, -0.1) is 0 Å². The Morgan fingerprint density at radius 1 is 0.773 bits per heavy atom. The smallest absolute Gasteiger partial charge is 0.00504 e. The summed E-state index contributed by atoms with van der Waals surface area (Å²) in [6.45, 7) is 4.61. The molecule has 0 saturated carbocycles. The van der Waals surface area contributed by atoms with Crippen molar-refractivity contribution < 1.29 is 0 Å². The Balaban J connectivity index is 2.08. The van der Waals surface area contributed by atoms with Gasteiger partial charge in [-0.05, 0) is 38.9 Å². The highest BCUT2D eigenvalue weighted by atomic mass is 14.2. The van der Waals surface area contributed by atoms with Crippen molar-refractivity contribution in [1.29, 1.82) is 0 Å². The first kappa shape index (κ1) is 13.3. The van der Waals surface area contributed by atoms with Crippen molar-refractivity contribution in [2.75, 3.05) is 0 Å². The largest absolute Gasteiger partial charge is 0.0761 e. The summed E-state index contributed by atoms with van der Waals surface area (Å²) < 4.78 is 0. The number of allylic oxidation sites excluding steroid dienone is 1. The van der Waals surface area contributed by atoms with Crippen molar-refractivity contribution in [3.05, 3.63) is 77.9 Å². The molecule has 108 valence electrons. The van der Waals surface area contributed by atoms with Gasteiger partial charge >= 0.3 is 0 Å². The van der Waals surface area contributed by atoms with Crippen LogP contribution in [0.15, 0.2) is 66.7 Å². The fourth-order valence-electron chi connectivity index (χ4n) is 3.63. The second-order valence-corrected chi connectivity index (χ2v) is 6.46. The Labute approximate surface area is 132 Å².